The number of ether oxygens (including phenoxy) is 1. The quantitative estimate of drug-likeness (QED) is 0.305. The molecule has 3 rings (SSSR count). The van der Waals surface area contributed by atoms with Gasteiger partial charge in [0, 0.05) is 27.4 Å². The lowest BCUT2D eigenvalue weighted by Crippen LogP contribution is -2.07. The molecule has 8 heteroatoms. The smallest absolute Gasteiger partial charge is 0.191 e. The third-order valence-electron chi connectivity index (χ3n) is 3.69. The Morgan fingerprint density at radius 3 is 2.70 bits per heavy atom. The van der Waals surface area contributed by atoms with Crippen LogP contribution in [0.3, 0.4) is 0 Å². The van der Waals surface area contributed by atoms with Crippen molar-refractivity contribution in [1.82, 2.24) is 14.8 Å². The van der Waals surface area contributed by atoms with E-state index in [1.807, 2.05) is 28.8 Å². The van der Waals surface area contributed by atoms with Gasteiger partial charge < -0.3 is 4.74 Å². The Labute approximate surface area is 174 Å². The van der Waals surface area contributed by atoms with Gasteiger partial charge in [0.15, 0.2) is 11.0 Å². The number of thioether (sulfide) groups is 1. The van der Waals surface area contributed by atoms with E-state index in [2.05, 4.69) is 32.7 Å². The van der Waals surface area contributed by atoms with Gasteiger partial charge in [-0.05, 0) is 36.4 Å². The highest BCUT2D eigenvalue weighted by Crippen LogP contribution is 2.28. The maximum atomic E-state index is 14.0. The lowest BCUT2D eigenvalue weighted by molar-refractivity contribution is 0.289. The van der Waals surface area contributed by atoms with Crippen LogP contribution in [0.5, 0.6) is 5.75 Å². The van der Waals surface area contributed by atoms with Crippen molar-refractivity contribution in [2.24, 2.45) is 0 Å². The molecule has 1 heterocycles. The summed E-state index contributed by atoms with van der Waals surface area (Å²) in [6, 6.07) is 12.2. The molecule has 0 spiro atoms. The molecule has 0 aliphatic carbocycles. The van der Waals surface area contributed by atoms with Crippen molar-refractivity contribution in [2.45, 2.75) is 24.1 Å². The number of hydrogen-bond donors (Lipinski definition) is 0. The van der Waals surface area contributed by atoms with Gasteiger partial charge in [-0.1, -0.05) is 51.4 Å². The van der Waals surface area contributed by atoms with Gasteiger partial charge in [0.05, 0.1) is 0 Å². The fraction of sp³-hybridized carbons (Fsp3) is 0.158. The summed E-state index contributed by atoms with van der Waals surface area (Å²) in [5.41, 5.74) is 0.449. The Kier molecular flexibility index (Phi) is 6.93. The highest BCUT2D eigenvalue weighted by atomic mass is 79.9. The minimum Gasteiger partial charge on any atom is -0.486 e. The lowest BCUT2D eigenvalue weighted by atomic mass is 10.2. The van der Waals surface area contributed by atoms with Crippen LogP contribution in [0.4, 0.5) is 4.39 Å². The Hall–Kier alpha value is -1.83. The van der Waals surface area contributed by atoms with Crippen molar-refractivity contribution in [3.63, 3.8) is 0 Å². The summed E-state index contributed by atoms with van der Waals surface area (Å²) in [5.74, 6) is 1.43. The van der Waals surface area contributed by atoms with Crippen LogP contribution >= 0.6 is 39.3 Å². The molecule has 0 saturated carbocycles. The summed E-state index contributed by atoms with van der Waals surface area (Å²) >= 11 is 10.9. The third kappa shape index (κ3) is 5.12. The normalized spacial score (nSPS) is 10.8. The molecule has 0 bridgehead atoms. The van der Waals surface area contributed by atoms with E-state index in [9.17, 15) is 4.39 Å². The average Bonchev–Trinajstić information content (AvgIpc) is 3.03. The van der Waals surface area contributed by atoms with Gasteiger partial charge in [0.2, 0.25) is 0 Å². The first kappa shape index (κ1) is 19.9. The van der Waals surface area contributed by atoms with E-state index in [0.717, 1.165) is 10.2 Å². The van der Waals surface area contributed by atoms with Crippen molar-refractivity contribution < 1.29 is 9.13 Å². The van der Waals surface area contributed by atoms with Crippen molar-refractivity contribution in [2.75, 3.05) is 0 Å². The monoisotopic (exact) mass is 467 g/mol. The van der Waals surface area contributed by atoms with Gasteiger partial charge in [-0.3, -0.25) is 4.57 Å². The van der Waals surface area contributed by atoms with Gasteiger partial charge in [0.1, 0.15) is 18.2 Å². The van der Waals surface area contributed by atoms with Crippen molar-refractivity contribution in [3.05, 3.63) is 81.8 Å². The van der Waals surface area contributed by atoms with E-state index in [1.54, 1.807) is 18.2 Å². The fourth-order valence-corrected chi connectivity index (χ4v) is 3.91. The Bertz CT molecular complexity index is 913. The molecule has 0 radical (unpaired) electrons. The molecule has 0 unspecified atom stereocenters. The largest absolute Gasteiger partial charge is 0.486 e. The van der Waals surface area contributed by atoms with Crippen molar-refractivity contribution in [1.29, 1.82) is 0 Å². The van der Waals surface area contributed by atoms with Gasteiger partial charge in [0.25, 0.3) is 0 Å². The van der Waals surface area contributed by atoms with Crippen LogP contribution in [-0.2, 0) is 18.9 Å². The minimum absolute atomic E-state index is 0.267. The fourth-order valence-electron chi connectivity index (χ4n) is 2.33. The Morgan fingerprint density at radius 2 is 2.00 bits per heavy atom. The second-order valence-corrected chi connectivity index (χ2v) is 7.79. The first-order chi connectivity index (χ1) is 13.1. The molecular weight excluding hydrogens is 453 g/mol. The second-order valence-electron chi connectivity index (χ2n) is 5.53. The number of rotatable bonds is 8. The van der Waals surface area contributed by atoms with Crippen LogP contribution in [-0.4, -0.2) is 14.8 Å². The molecule has 27 heavy (non-hydrogen) atoms. The van der Waals surface area contributed by atoms with E-state index in [0.29, 0.717) is 33.9 Å². The summed E-state index contributed by atoms with van der Waals surface area (Å²) in [4.78, 5) is 0. The molecular formula is C19H16BrClFN3OS. The number of nitrogens with zero attached hydrogens (tertiary/aromatic N) is 3. The second kappa shape index (κ2) is 9.39. The van der Waals surface area contributed by atoms with Crippen molar-refractivity contribution >= 4 is 39.3 Å². The van der Waals surface area contributed by atoms with E-state index in [1.165, 1.54) is 17.8 Å². The van der Waals surface area contributed by atoms with Crippen LogP contribution in [0.1, 0.15) is 11.4 Å². The van der Waals surface area contributed by atoms with E-state index in [-0.39, 0.29) is 12.4 Å². The van der Waals surface area contributed by atoms with Gasteiger partial charge in [-0.2, -0.15) is 0 Å². The molecule has 0 aliphatic heterocycles. The first-order valence-corrected chi connectivity index (χ1v) is 10.2. The lowest BCUT2D eigenvalue weighted by Gasteiger charge is -2.10. The Morgan fingerprint density at radius 1 is 1.22 bits per heavy atom. The molecule has 2 aromatic carbocycles. The van der Waals surface area contributed by atoms with Crippen LogP contribution in [0.2, 0.25) is 5.02 Å². The molecule has 3 aromatic rings. The molecule has 0 atom stereocenters. The van der Waals surface area contributed by atoms with Gasteiger partial charge >= 0.3 is 0 Å². The predicted molar refractivity (Wildman–Crippen MR) is 110 cm³/mol. The Balaban J connectivity index is 1.72. The zero-order chi connectivity index (χ0) is 19.2. The summed E-state index contributed by atoms with van der Waals surface area (Å²) in [7, 11) is 0. The number of hydrogen-bond acceptors (Lipinski definition) is 4. The van der Waals surface area contributed by atoms with Gasteiger partial charge in [-0.15, -0.1) is 16.8 Å². The SMILES string of the molecule is C=CCn1c(COc2ccc(Br)cc2)nnc1SCc1c(F)cccc1Cl. The third-order valence-corrected chi connectivity index (χ3v) is 5.57. The van der Waals surface area contributed by atoms with E-state index in [4.69, 9.17) is 16.3 Å². The van der Waals surface area contributed by atoms with Crippen molar-refractivity contribution in [3.8, 4) is 5.75 Å². The highest BCUT2D eigenvalue weighted by molar-refractivity contribution is 9.10. The minimum atomic E-state index is -0.330. The highest BCUT2D eigenvalue weighted by Gasteiger charge is 2.15. The van der Waals surface area contributed by atoms with Gasteiger partial charge in [-0.25, -0.2) is 4.39 Å². The van der Waals surface area contributed by atoms with Crippen LogP contribution in [0.25, 0.3) is 0 Å². The standard InChI is InChI=1S/C19H16BrClFN3OS/c1-2-10-25-18(11-26-14-8-6-13(20)7-9-14)23-24-19(25)27-12-15-16(21)4-3-5-17(15)22/h2-9H,1,10-12H2. The zero-order valence-electron chi connectivity index (χ0n) is 14.2. The molecule has 0 saturated heterocycles. The molecule has 0 fully saturated rings. The molecule has 140 valence electrons. The van der Waals surface area contributed by atoms with Crippen LogP contribution in [0, 0.1) is 5.82 Å². The molecule has 4 nitrogen and oxygen atoms in total. The molecule has 0 aliphatic rings. The number of halogens is 3. The maximum Gasteiger partial charge on any atom is 0.191 e. The topological polar surface area (TPSA) is 39.9 Å². The summed E-state index contributed by atoms with van der Waals surface area (Å²) < 4.78 is 22.6. The molecule has 1 aromatic heterocycles. The van der Waals surface area contributed by atoms with Crippen LogP contribution < -0.4 is 4.74 Å². The van der Waals surface area contributed by atoms with E-state index < -0.39 is 0 Å². The van der Waals surface area contributed by atoms with E-state index >= 15 is 0 Å². The van der Waals surface area contributed by atoms with Crippen LogP contribution in [0.15, 0.2) is 64.7 Å². The molecule has 0 amide bonds. The average molecular weight is 469 g/mol. The number of benzene rings is 2. The summed E-state index contributed by atoms with van der Waals surface area (Å²) in [6.45, 7) is 4.57. The predicted octanol–water partition coefficient (Wildman–Crippen LogP) is 5.89. The molecule has 0 N–H and O–H groups in total. The summed E-state index contributed by atoms with van der Waals surface area (Å²) in [5, 5.41) is 9.47. The number of allylic oxidation sites excluding steroid dienone is 1. The maximum absolute atomic E-state index is 14.0. The zero-order valence-corrected chi connectivity index (χ0v) is 17.4. The summed E-state index contributed by atoms with van der Waals surface area (Å²) in [6.07, 6.45) is 1.76. The number of aromatic nitrogens is 3. The first-order valence-electron chi connectivity index (χ1n) is 8.05.